The van der Waals surface area contributed by atoms with Crippen molar-refractivity contribution >= 4 is 6.09 Å². The smallest absolute Gasteiger partial charge is 0.407 e. The van der Waals surface area contributed by atoms with Gasteiger partial charge in [-0.05, 0) is 17.7 Å². The molecule has 1 amide bonds. The molecule has 1 atom stereocenters. The van der Waals surface area contributed by atoms with Gasteiger partial charge >= 0.3 is 6.09 Å². The monoisotopic (exact) mass is 251 g/mol. The number of aromatic hydroxyl groups is 1. The molecule has 0 aromatic heterocycles. The minimum absolute atomic E-state index is 0.0616. The topological polar surface area (TPSA) is 67.8 Å². The van der Waals surface area contributed by atoms with Crippen LogP contribution >= 0.6 is 0 Å². The lowest BCUT2D eigenvalue weighted by Crippen LogP contribution is -2.46. The number of phenolic OH excluding ortho intramolecular Hbond substituents is 1. The van der Waals surface area contributed by atoms with Gasteiger partial charge in [0.2, 0.25) is 0 Å². The van der Waals surface area contributed by atoms with Crippen LogP contribution in [0.25, 0.3) is 0 Å². The summed E-state index contributed by atoms with van der Waals surface area (Å²) in [7, 11) is 1.49. The maximum atomic E-state index is 11.3. The predicted octanol–water partition coefficient (Wildman–Crippen LogP) is 2.21. The fourth-order valence-electron chi connectivity index (χ4n) is 2.11. The zero-order valence-electron chi connectivity index (χ0n) is 10.7. The molecule has 98 valence electrons. The third kappa shape index (κ3) is 2.20. The van der Waals surface area contributed by atoms with Crippen molar-refractivity contribution in [1.82, 2.24) is 5.32 Å². The van der Waals surface area contributed by atoms with Crippen LogP contribution in [0.15, 0.2) is 18.2 Å². The molecule has 1 aliphatic rings. The number of benzene rings is 1. The summed E-state index contributed by atoms with van der Waals surface area (Å²) in [5.74, 6) is 0.474. The summed E-state index contributed by atoms with van der Waals surface area (Å²) < 4.78 is 9.98. The maximum Gasteiger partial charge on any atom is 0.407 e. The maximum absolute atomic E-state index is 11.3. The number of rotatable bonds is 2. The van der Waals surface area contributed by atoms with E-state index >= 15 is 0 Å². The molecule has 1 aromatic carbocycles. The summed E-state index contributed by atoms with van der Waals surface area (Å²) in [6.07, 6.45) is -0.436. The number of hydrogen-bond donors (Lipinski definition) is 2. The molecule has 5 nitrogen and oxygen atoms in total. The molecular formula is C13H17NO4. The molecule has 1 aliphatic heterocycles. The first-order chi connectivity index (χ1) is 8.44. The highest BCUT2D eigenvalue weighted by Crippen LogP contribution is 2.39. The highest BCUT2D eigenvalue weighted by molar-refractivity contribution is 5.69. The van der Waals surface area contributed by atoms with Crippen molar-refractivity contribution in [2.75, 3.05) is 13.7 Å². The van der Waals surface area contributed by atoms with Gasteiger partial charge in [-0.25, -0.2) is 4.79 Å². The van der Waals surface area contributed by atoms with Gasteiger partial charge in [0, 0.05) is 5.41 Å². The number of nitrogens with one attached hydrogen (secondary N) is 1. The van der Waals surface area contributed by atoms with Crippen molar-refractivity contribution in [3.63, 3.8) is 0 Å². The minimum Gasteiger partial charge on any atom is -0.504 e. The molecule has 2 rings (SSSR count). The van der Waals surface area contributed by atoms with Crippen LogP contribution in [0, 0.1) is 5.41 Å². The van der Waals surface area contributed by atoms with E-state index < -0.39 is 6.09 Å². The quantitative estimate of drug-likeness (QED) is 0.845. The van der Waals surface area contributed by atoms with E-state index in [0.717, 1.165) is 5.56 Å². The Bertz CT molecular complexity index is 470. The van der Waals surface area contributed by atoms with Crippen molar-refractivity contribution < 1.29 is 19.4 Å². The SMILES string of the molecule is COc1ccc([C@@H]2NC(=O)OCC2(C)C)cc1O. The molecule has 0 unspecified atom stereocenters. The van der Waals surface area contributed by atoms with Gasteiger partial charge in [0.05, 0.1) is 13.2 Å². The highest BCUT2D eigenvalue weighted by atomic mass is 16.6. The molecule has 2 N–H and O–H groups in total. The first-order valence-electron chi connectivity index (χ1n) is 5.74. The zero-order chi connectivity index (χ0) is 13.3. The molecule has 0 spiro atoms. The Hall–Kier alpha value is -1.91. The Balaban J connectivity index is 2.34. The number of carbonyl (C=O) groups is 1. The number of alkyl carbamates (subject to hydrolysis) is 1. The van der Waals surface area contributed by atoms with Crippen LogP contribution in [0.2, 0.25) is 0 Å². The first kappa shape index (κ1) is 12.5. The van der Waals surface area contributed by atoms with Gasteiger partial charge in [-0.1, -0.05) is 19.9 Å². The second-order valence-corrected chi connectivity index (χ2v) is 5.07. The highest BCUT2D eigenvalue weighted by Gasteiger charge is 2.38. The number of carbonyl (C=O) groups excluding carboxylic acids is 1. The third-order valence-electron chi connectivity index (χ3n) is 3.16. The summed E-state index contributed by atoms with van der Waals surface area (Å²) in [4.78, 5) is 11.3. The van der Waals surface area contributed by atoms with Crippen LogP contribution in [0.1, 0.15) is 25.5 Å². The van der Waals surface area contributed by atoms with Crippen molar-refractivity contribution in [3.05, 3.63) is 23.8 Å². The summed E-state index contributed by atoms with van der Waals surface area (Å²) >= 11 is 0. The summed E-state index contributed by atoms with van der Waals surface area (Å²) in [5, 5.41) is 12.6. The van der Waals surface area contributed by atoms with Crippen LogP contribution < -0.4 is 10.1 Å². The normalized spacial score (nSPS) is 21.9. The summed E-state index contributed by atoms with van der Waals surface area (Å²) in [5.41, 5.74) is 0.588. The van der Waals surface area contributed by atoms with Crippen LogP contribution in [-0.4, -0.2) is 24.9 Å². The van der Waals surface area contributed by atoms with Gasteiger partial charge in [0.1, 0.15) is 6.61 Å². The summed E-state index contributed by atoms with van der Waals surface area (Å²) in [6.45, 7) is 4.34. The van der Waals surface area contributed by atoms with Crippen LogP contribution in [0.4, 0.5) is 4.79 Å². The fraction of sp³-hybridized carbons (Fsp3) is 0.462. The molecule has 1 saturated heterocycles. The lowest BCUT2D eigenvalue weighted by atomic mass is 9.80. The number of ether oxygens (including phenoxy) is 2. The first-order valence-corrected chi connectivity index (χ1v) is 5.74. The average Bonchev–Trinajstić information content (AvgIpc) is 2.32. The Morgan fingerprint density at radius 3 is 2.83 bits per heavy atom. The van der Waals surface area contributed by atoms with E-state index in [4.69, 9.17) is 9.47 Å². The van der Waals surface area contributed by atoms with Gasteiger partial charge in [-0.15, -0.1) is 0 Å². The van der Waals surface area contributed by atoms with Crippen LogP contribution in [0.3, 0.4) is 0 Å². The van der Waals surface area contributed by atoms with Crippen molar-refractivity contribution in [2.24, 2.45) is 5.41 Å². The molecule has 1 aromatic rings. The average molecular weight is 251 g/mol. The zero-order valence-corrected chi connectivity index (χ0v) is 10.7. The number of cyclic esters (lactones) is 1. The molecule has 5 heteroatoms. The van der Waals surface area contributed by atoms with E-state index in [9.17, 15) is 9.90 Å². The Morgan fingerprint density at radius 1 is 1.50 bits per heavy atom. The lowest BCUT2D eigenvalue weighted by Gasteiger charge is -2.38. The third-order valence-corrected chi connectivity index (χ3v) is 3.16. The Labute approximate surface area is 106 Å². The molecule has 18 heavy (non-hydrogen) atoms. The van der Waals surface area contributed by atoms with E-state index in [1.165, 1.54) is 7.11 Å². The van der Waals surface area contributed by atoms with Crippen LogP contribution in [0.5, 0.6) is 11.5 Å². The molecular weight excluding hydrogens is 234 g/mol. The molecule has 0 saturated carbocycles. The van der Waals surface area contributed by atoms with E-state index in [2.05, 4.69) is 5.32 Å². The van der Waals surface area contributed by atoms with E-state index in [0.29, 0.717) is 12.4 Å². The Kier molecular flexibility index (Phi) is 3.07. The van der Waals surface area contributed by atoms with Gasteiger partial charge in [-0.2, -0.15) is 0 Å². The minimum atomic E-state index is -0.436. The van der Waals surface area contributed by atoms with Crippen molar-refractivity contribution in [1.29, 1.82) is 0 Å². The molecule has 0 aliphatic carbocycles. The van der Waals surface area contributed by atoms with Gasteiger partial charge < -0.3 is 19.9 Å². The van der Waals surface area contributed by atoms with E-state index in [1.807, 2.05) is 19.9 Å². The number of phenols is 1. The molecule has 1 heterocycles. The largest absolute Gasteiger partial charge is 0.504 e. The van der Waals surface area contributed by atoms with Crippen molar-refractivity contribution in [3.8, 4) is 11.5 Å². The molecule has 1 fully saturated rings. The number of amides is 1. The van der Waals surface area contributed by atoms with Crippen LogP contribution in [-0.2, 0) is 4.74 Å². The Morgan fingerprint density at radius 2 is 2.22 bits per heavy atom. The fourth-order valence-corrected chi connectivity index (χ4v) is 2.11. The number of hydrogen-bond acceptors (Lipinski definition) is 4. The van der Waals surface area contributed by atoms with E-state index in [-0.39, 0.29) is 17.2 Å². The van der Waals surface area contributed by atoms with Gasteiger partial charge in [-0.3, -0.25) is 0 Å². The molecule has 0 radical (unpaired) electrons. The standard InChI is InChI=1S/C13H17NO4/c1-13(2)7-18-12(16)14-11(13)8-4-5-10(17-3)9(15)6-8/h4-6,11,15H,7H2,1-3H3,(H,14,16)/t11-/m0/s1. The van der Waals surface area contributed by atoms with Crippen molar-refractivity contribution in [2.45, 2.75) is 19.9 Å². The second kappa shape index (κ2) is 4.40. The van der Waals surface area contributed by atoms with E-state index in [1.54, 1.807) is 12.1 Å². The number of methoxy groups -OCH3 is 1. The van der Waals surface area contributed by atoms with Gasteiger partial charge in [0.15, 0.2) is 11.5 Å². The molecule has 0 bridgehead atoms. The lowest BCUT2D eigenvalue weighted by molar-refractivity contribution is 0.0386. The predicted molar refractivity (Wildman–Crippen MR) is 65.7 cm³/mol. The summed E-state index contributed by atoms with van der Waals surface area (Å²) in [6, 6.07) is 4.92. The second-order valence-electron chi connectivity index (χ2n) is 5.07. The van der Waals surface area contributed by atoms with Gasteiger partial charge in [0.25, 0.3) is 0 Å².